The van der Waals surface area contributed by atoms with E-state index in [4.69, 9.17) is 9.47 Å². The van der Waals surface area contributed by atoms with Crippen molar-refractivity contribution in [3.05, 3.63) is 54.4 Å². The molecule has 1 aromatic heterocycles. The molecule has 0 radical (unpaired) electrons. The van der Waals surface area contributed by atoms with Crippen molar-refractivity contribution < 1.29 is 27.5 Å². The fourth-order valence-electron chi connectivity index (χ4n) is 3.00. The Balaban J connectivity index is 1.59. The summed E-state index contributed by atoms with van der Waals surface area (Å²) in [6.45, 7) is 0.526. The summed E-state index contributed by atoms with van der Waals surface area (Å²) in [5.74, 6) is -1.19. The number of pyridine rings is 1. The molecule has 166 valence electrons. The number of nitrogens with zero attached hydrogens (tertiary/aromatic N) is 2. The Kier molecular flexibility index (Phi) is 7.55. The third-order valence-electron chi connectivity index (χ3n) is 4.62. The molecule has 1 aliphatic heterocycles. The lowest BCUT2D eigenvalue weighted by atomic mass is 10.3. The standard InChI is InChI=1S/C20H24N4O6S/c1-29-16-6-8-17(9-7-16)31(27,28)24-11-4-12-30-18(24)14-23-20(26)19(25)22-13-15-5-2-3-10-21-15/h2-3,5-10,18H,4,11-14H2,1H3,(H,22,25)(H,23,26)/t18-/m1/s1. The Morgan fingerprint density at radius 1 is 1.16 bits per heavy atom. The first-order valence-corrected chi connectivity index (χ1v) is 11.1. The van der Waals surface area contributed by atoms with E-state index in [-0.39, 0.29) is 24.5 Å². The third kappa shape index (κ3) is 5.78. The maximum Gasteiger partial charge on any atom is 0.309 e. The maximum absolute atomic E-state index is 13.0. The SMILES string of the molecule is COc1ccc(S(=O)(=O)N2CCCO[C@@H]2CNC(=O)C(=O)NCc2ccccn2)cc1. The summed E-state index contributed by atoms with van der Waals surface area (Å²) in [7, 11) is -2.36. The predicted molar refractivity (Wildman–Crippen MR) is 110 cm³/mol. The summed E-state index contributed by atoms with van der Waals surface area (Å²) in [6.07, 6.45) is 1.18. The summed E-state index contributed by atoms with van der Waals surface area (Å²) in [6, 6.07) is 11.2. The zero-order valence-electron chi connectivity index (χ0n) is 17.0. The first-order valence-electron chi connectivity index (χ1n) is 9.65. The highest BCUT2D eigenvalue weighted by Gasteiger charge is 2.35. The molecule has 1 aromatic carbocycles. The molecule has 1 fully saturated rings. The topological polar surface area (TPSA) is 127 Å². The molecule has 11 heteroatoms. The Bertz CT molecular complexity index is 998. The highest BCUT2D eigenvalue weighted by atomic mass is 32.2. The summed E-state index contributed by atoms with van der Waals surface area (Å²) < 4.78 is 37.9. The number of amides is 2. The maximum atomic E-state index is 13.0. The second kappa shape index (κ2) is 10.3. The van der Waals surface area contributed by atoms with Gasteiger partial charge in [-0.2, -0.15) is 4.31 Å². The Hall–Kier alpha value is -3.02. The van der Waals surface area contributed by atoms with Gasteiger partial charge in [0, 0.05) is 12.7 Å². The smallest absolute Gasteiger partial charge is 0.309 e. The fourth-order valence-corrected chi connectivity index (χ4v) is 4.56. The van der Waals surface area contributed by atoms with E-state index in [1.54, 1.807) is 36.5 Å². The van der Waals surface area contributed by atoms with Crippen LogP contribution in [0.2, 0.25) is 0 Å². The van der Waals surface area contributed by atoms with Crippen LogP contribution in [-0.4, -0.2) is 62.6 Å². The second-order valence-corrected chi connectivity index (χ2v) is 8.57. The highest BCUT2D eigenvalue weighted by molar-refractivity contribution is 7.89. The van der Waals surface area contributed by atoms with Gasteiger partial charge < -0.3 is 20.1 Å². The Morgan fingerprint density at radius 3 is 2.58 bits per heavy atom. The average molecular weight is 449 g/mol. The molecular weight excluding hydrogens is 424 g/mol. The van der Waals surface area contributed by atoms with Gasteiger partial charge >= 0.3 is 11.8 Å². The quantitative estimate of drug-likeness (QED) is 0.582. The predicted octanol–water partition coefficient (Wildman–Crippen LogP) is 0.260. The number of aromatic nitrogens is 1. The van der Waals surface area contributed by atoms with Gasteiger partial charge in [0.2, 0.25) is 10.0 Å². The first-order chi connectivity index (χ1) is 14.9. The van der Waals surface area contributed by atoms with Gasteiger partial charge in [-0.05, 0) is 42.8 Å². The van der Waals surface area contributed by atoms with Gasteiger partial charge in [-0.25, -0.2) is 8.42 Å². The molecular formula is C20H24N4O6S. The van der Waals surface area contributed by atoms with Crippen molar-refractivity contribution in [3.8, 4) is 5.75 Å². The molecule has 2 aromatic rings. The largest absolute Gasteiger partial charge is 0.497 e. The number of sulfonamides is 1. The average Bonchev–Trinajstić information content (AvgIpc) is 2.81. The molecule has 2 N–H and O–H groups in total. The first kappa shape index (κ1) is 22.7. The normalized spacial score (nSPS) is 17.0. The second-order valence-electron chi connectivity index (χ2n) is 6.68. The van der Waals surface area contributed by atoms with E-state index in [9.17, 15) is 18.0 Å². The van der Waals surface area contributed by atoms with Gasteiger partial charge in [-0.3, -0.25) is 14.6 Å². The monoisotopic (exact) mass is 448 g/mol. The van der Waals surface area contributed by atoms with E-state index in [1.807, 2.05) is 0 Å². The number of benzene rings is 1. The van der Waals surface area contributed by atoms with Gasteiger partial charge in [-0.15, -0.1) is 0 Å². The minimum absolute atomic E-state index is 0.0863. The van der Waals surface area contributed by atoms with Gasteiger partial charge in [0.05, 0.1) is 37.4 Å². The van der Waals surface area contributed by atoms with E-state index in [0.717, 1.165) is 0 Å². The molecule has 10 nitrogen and oxygen atoms in total. The van der Waals surface area contributed by atoms with Crippen LogP contribution in [0.25, 0.3) is 0 Å². The number of methoxy groups -OCH3 is 1. The van der Waals surface area contributed by atoms with Gasteiger partial charge in [0.25, 0.3) is 0 Å². The van der Waals surface area contributed by atoms with E-state index < -0.39 is 28.1 Å². The molecule has 1 aliphatic rings. The molecule has 0 aliphatic carbocycles. The zero-order valence-corrected chi connectivity index (χ0v) is 17.8. The lowest BCUT2D eigenvalue weighted by molar-refractivity contribution is -0.140. The van der Waals surface area contributed by atoms with Crippen LogP contribution in [0.4, 0.5) is 0 Å². The summed E-state index contributed by atoms with van der Waals surface area (Å²) in [4.78, 5) is 28.3. The van der Waals surface area contributed by atoms with Crippen molar-refractivity contribution in [3.63, 3.8) is 0 Å². The van der Waals surface area contributed by atoms with Crippen LogP contribution in [0.3, 0.4) is 0 Å². The molecule has 1 saturated heterocycles. The van der Waals surface area contributed by atoms with Crippen molar-refractivity contribution in [1.82, 2.24) is 19.9 Å². The van der Waals surface area contributed by atoms with E-state index in [1.165, 1.54) is 23.5 Å². The molecule has 2 amide bonds. The van der Waals surface area contributed by atoms with Crippen molar-refractivity contribution in [2.75, 3.05) is 26.8 Å². The summed E-state index contributed by atoms with van der Waals surface area (Å²) in [5, 5.41) is 4.90. The van der Waals surface area contributed by atoms with Crippen LogP contribution in [0, 0.1) is 0 Å². The van der Waals surface area contributed by atoms with Crippen LogP contribution >= 0.6 is 0 Å². The Labute approximate surface area is 180 Å². The van der Waals surface area contributed by atoms with E-state index in [0.29, 0.717) is 24.5 Å². The number of carbonyl (C=O) groups excluding carboxylic acids is 2. The molecule has 0 bridgehead atoms. The van der Waals surface area contributed by atoms with Gasteiger partial charge in [-0.1, -0.05) is 6.07 Å². The van der Waals surface area contributed by atoms with Crippen LogP contribution in [0.15, 0.2) is 53.6 Å². The van der Waals surface area contributed by atoms with Crippen LogP contribution in [-0.2, 0) is 30.9 Å². The summed E-state index contributed by atoms with van der Waals surface area (Å²) in [5.41, 5.74) is 0.607. The number of hydrogen-bond acceptors (Lipinski definition) is 7. The number of carbonyl (C=O) groups is 2. The summed E-state index contributed by atoms with van der Waals surface area (Å²) >= 11 is 0. The number of ether oxygens (including phenoxy) is 2. The zero-order chi connectivity index (χ0) is 22.3. The van der Waals surface area contributed by atoms with Crippen molar-refractivity contribution in [2.45, 2.75) is 24.1 Å². The lowest BCUT2D eigenvalue weighted by Crippen LogP contribution is -2.53. The highest BCUT2D eigenvalue weighted by Crippen LogP contribution is 2.23. The fraction of sp³-hybridized carbons (Fsp3) is 0.350. The molecule has 31 heavy (non-hydrogen) atoms. The lowest BCUT2D eigenvalue weighted by Gasteiger charge is -2.34. The molecule has 2 heterocycles. The number of nitrogens with one attached hydrogen (secondary N) is 2. The van der Waals surface area contributed by atoms with E-state index >= 15 is 0 Å². The number of hydrogen-bond donors (Lipinski definition) is 2. The molecule has 3 rings (SSSR count). The Morgan fingerprint density at radius 2 is 1.90 bits per heavy atom. The minimum atomic E-state index is -3.86. The van der Waals surface area contributed by atoms with Crippen molar-refractivity contribution in [2.24, 2.45) is 0 Å². The van der Waals surface area contributed by atoms with Crippen LogP contribution in [0.1, 0.15) is 12.1 Å². The van der Waals surface area contributed by atoms with Gasteiger partial charge in [0.15, 0.2) is 0 Å². The van der Waals surface area contributed by atoms with Crippen molar-refractivity contribution >= 4 is 21.8 Å². The van der Waals surface area contributed by atoms with Gasteiger partial charge in [0.1, 0.15) is 12.0 Å². The van der Waals surface area contributed by atoms with Crippen LogP contribution in [0.5, 0.6) is 5.75 Å². The van der Waals surface area contributed by atoms with E-state index in [2.05, 4.69) is 15.6 Å². The molecule has 1 atom stereocenters. The molecule has 0 spiro atoms. The molecule has 0 unspecified atom stereocenters. The van der Waals surface area contributed by atoms with Crippen molar-refractivity contribution in [1.29, 1.82) is 0 Å². The number of rotatable bonds is 7. The third-order valence-corrected chi connectivity index (χ3v) is 6.52. The minimum Gasteiger partial charge on any atom is -0.497 e. The molecule has 0 saturated carbocycles. The van der Waals surface area contributed by atoms with Crippen LogP contribution < -0.4 is 15.4 Å².